The third-order valence-corrected chi connectivity index (χ3v) is 3.92. The number of rotatable bonds is 6. The lowest BCUT2D eigenvalue weighted by Crippen LogP contribution is -2.26. The predicted molar refractivity (Wildman–Crippen MR) is 91.7 cm³/mol. The van der Waals surface area contributed by atoms with E-state index in [0.717, 1.165) is 10.6 Å². The van der Waals surface area contributed by atoms with Gasteiger partial charge in [0.15, 0.2) is 11.3 Å². The first-order valence-electron chi connectivity index (χ1n) is 7.65. The van der Waals surface area contributed by atoms with Gasteiger partial charge in [0, 0.05) is 31.0 Å². The highest BCUT2D eigenvalue weighted by molar-refractivity contribution is 6.30. The molecule has 0 bridgehead atoms. The maximum Gasteiger partial charge on any atom is 0.364 e. The maximum absolute atomic E-state index is 13.5. The van der Waals surface area contributed by atoms with E-state index in [2.05, 4.69) is 20.5 Å². The Kier molecular flexibility index (Phi) is 5.10. The molecular formula is C15H14Cl2F2N6O. The summed E-state index contributed by atoms with van der Waals surface area (Å²) in [5.74, 6) is -0.490. The van der Waals surface area contributed by atoms with Crippen LogP contribution in [0.4, 0.5) is 8.78 Å². The van der Waals surface area contributed by atoms with E-state index in [-0.39, 0.29) is 11.3 Å². The quantitative estimate of drug-likeness (QED) is 0.507. The van der Waals surface area contributed by atoms with E-state index in [0.29, 0.717) is 30.2 Å². The lowest BCUT2D eigenvalue weighted by atomic mass is 10.3. The molecule has 3 heterocycles. The van der Waals surface area contributed by atoms with Gasteiger partial charge in [0.05, 0.1) is 11.2 Å². The molecular weight excluding hydrogens is 389 g/mol. The maximum atomic E-state index is 13.5. The van der Waals surface area contributed by atoms with Crippen LogP contribution >= 0.6 is 23.2 Å². The van der Waals surface area contributed by atoms with Crippen LogP contribution in [-0.4, -0.2) is 36.8 Å². The summed E-state index contributed by atoms with van der Waals surface area (Å²) in [4.78, 5) is 16.3. The van der Waals surface area contributed by atoms with Crippen LogP contribution in [0.25, 0.3) is 5.65 Å². The van der Waals surface area contributed by atoms with E-state index in [4.69, 9.17) is 23.2 Å². The molecule has 11 heteroatoms. The van der Waals surface area contributed by atoms with Crippen molar-refractivity contribution in [3.8, 4) is 0 Å². The monoisotopic (exact) mass is 402 g/mol. The molecule has 138 valence electrons. The Balaban J connectivity index is 1.68. The molecule has 3 aromatic rings. The van der Waals surface area contributed by atoms with Crippen molar-refractivity contribution in [3.63, 3.8) is 0 Å². The zero-order valence-electron chi connectivity index (χ0n) is 13.6. The highest BCUT2D eigenvalue weighted by Crippen LogP contribution is 2.32. The third-order valence-electron chi connectivity index (χ3n) is 3.53. The van der Waals surface area contributed by atoms with Crippen molar-refractivity contribution < 1.29 is 13.6 Å². The number of carbonyl (C=O) groups is 1. The predicted octanol–water partition coefficient (Wildman–Crippen LogP) is 3.00. The molecule has 0 aliphatic rings. The number of nitrogens with one attached hydrogen (secondary N) is 1. The van der Waals surface area contributed by atoms with Crippen LogP contribution < -0.4 is 5.32 Å². The Hall–Kier alpha value is -2.26. The Morgan fingerprint density at radius 3 is 2.81 bits per heavy atom. The summed E-state index contributed by atoms with van der Waals surface area (Å²) >= 11 is 10.9. The molecule has 26 heavy (non-hydrogen) atoms. The van der Waals surface area contributed by atoms with Crippen molar-refractivity contribution in [2.45, 2.75) is 25.3 Å². The van der Waals surface area contributed by atoms with Crippen molar-refractivity contribution in [3.05, 3.63) is 46.6 Å². The average Bonchev–Trinajstić information content (AvgIpc) is 3.15. The fourth-order valence-corrected chi connectivity index (χ4v) is 2.70. The zero-order chi connectivity index (χ0) is 18.9. The Morgan fingerprint density at radius 2 is 2.15 bits per heavy atom. The topological polar surface area (TPSA) is 77.1 Å². The smallest absolute Gasteiger partial charge is 0.351 e. The minimum absolute atomic E-state index is 0.0209. The van der Waals surface area contributed by atoms with Crippen molar-refractivity contribution in [2.24, 2.45) is 0 Å². The van der Waals surface area contributed by atoms with Gasteiger partial charge in [-0.2, -0.15) is 19.0 Å². The van der Waals surface area contributed by atoms with Gasteiger partial charge in [-0.1, -0.05) is 11.6 Å². The molecule has 7 nitrogen and oxygen atoms in total. The number of halogens is 4. The van der Waals surface area contributed by atoms with Crippen molar-refractivity contribution in [1.29, 1.82) is 0 Å². The first-order valence-corrected chi connectivity index (χ1v) is 8.40. The van der Waals surface area contributed by atoms with Gasteiger partial charge in [0.25, 0.3) is 5.91 Å². The van der Waals surface area contributed by atoms with Crippen LogP contribution in [0.5, 0.6) is 0 Å². The molecule has 1 N–H and O–H groups in total. The molecule has 0 unspecified atom stereocenters. The van der Waals surface area contributed by atoms with Gasteiger partial charge in [-0.15, -0.1) is 0 Å². The number of aromatic nitrogens is 5. The van der Waals surface area contributed by atoms with Gasteiger partial charge >= 0.3 is 5.38 Å². The summed E-state index contributed by atoms with van der Waals surface area (Å²) < 4.78 is 29.6. The SMILES string of the molecule is Cc1cc(C(F)(F)Cl)n2nc(C(=O)NCCCn3cc(Cl)cn3)cc2n1. The molecule has 0 atom stereocenters. The molecule has 0 aromatic carbocycles. The minimum atomic E-state index is -3.63. The van der Waals surface area contributed by atoms with E-state index < -0.39 is 17.0 Å². The second-order valence-electron chi connectivity index (χ2n) is 5.61. The van der Waals surface area contributed by atoms with Crippen molar-refractivity contribution in [2.75, 3.05) is 6.54 Å². The Labute approximate surface area is 156 Å². The molecule has 0 saturated heterocycles. The van der Waals surface area contributed by atoms with E-state index in [9.17, 15) is 13.6 Å². The number of alkyl halides is 3. The van der Waals surface area contributed by atoms with Gasteiger partial charge in [0.1, 0.15) is 5.69 Å². The average molecular weight is 403 g/mol. The van der Waals surface area contributed by atoms with E-state index >= 15 is 0 Å². The Morgan fingerprint density at radius 1 is 1.38 bits per heavy atom. The van der Waals surface area contributed by atoms with Crippen LogP contribution in [0.15, 0.2) is 24.5 Å². The van der Waals surface area contributed by atoms with Gasteiger partial charge in [-0.25, -0.2) is 9.50 Å². The number of carbonyl (C=O) groups excluding carboxylic acids is 1. The molecule has 3 aromatic heterocycles. The lowest BCUT2D eigenvalue weighted by Gasteiger charge is -2.10. The van der Waals surface area contributed by atoms with E-state index in [1.165, 1.54) is 12.3 Å². The fraction of sp³-hybridized carbons (Fsp3) is 0.333. The van der Waals surface area contributed by atoms with Crippen LogP contribution in [0, 0.1) is 6.92 Å². The molecule has 0 aliphatic carbocycles. The largest absolute Gasteiger partial charge is 0.364 e. The van der Waals surface area contributed by atoms with Crippen LogP contribution in [0.3, 0.4) is 0 Å². The number of aryl methyl sites for hydroxylation is 2. The summed E-state index contributed by atoms with van der Waals surface area (Å²) in [7, 11) is 0. The molecule has 0 spiro atoms. The van der Waals surface area contributed by atoms with E-state index in [1.54, 1.807) is 17.8 Å². The number of hydrogen-bond donors (Lipinski definition) is 1. The van der Waals surface area contributed by atoms with Gasteiger partial charge in [0.2, 0.25) is 0 Å². The van der Waals surface area contributed by atoms with Gasteiger partial charge < -0.3 is 5.32 Å². The van der Waals surface area contributed by atoms with Gasteiger partial charge in [-0.3, -0.25) is 9.48 Å². The van der Waals surface area contributed by atoms with Crippen molar-refractivity contribution in [1.82, 2.24) is 29.7 Å². The van der Waals surface area contributed by atoms with E-state index in [1.807, 2.05) is 0 Å². The second kappa shape index (κ2) is 7.16. The molecule has 0 radical (unpaired) electrons. The summed E-state index contributed by atoms with van der Waals surface area (Å²) in [6, 6.07) is 2.46. The van der Waals surface area contributed by atoms with Crippen LogP contribution in [0.2, 0.25) is 5.02 Å². The second-order valence-corrected chi connectivity index (χ2v) is 6.52. The van der Waals surface area contributed by atoms with Gasteiger partial charge in [-0.05, 0) is 31.0 Å². The van der Waals surface area contributed by atoms with Crippen LogP contribution in [-0.2, 0) is 11.9 Å². The molecule has 0 aliphatic heterocycles. The lowest BCUT2D eigenvalue weighted by molar-refractivity contribution is 0.0864. The first-order chi connectivity index (χ1) is 12.2. The fourth-order valence-electron chi connectivity index (χ4n) is 2.41. The number of hydrogen-bond acceptors (Lipinski definition) is 4. The number of nitrogens with zero attached hydrogens (tertiary/aromatic N) is 5. The molecule has 1 amide bonds. The summed E-state index contributed by atoms with van der Waals surface area (Å²) in [6.45, 7) is 2.48. The highest BCUT2D eigenvalue weighted by atomic mass is 35.5. The minimum Gasteiger partial charge on any atom is -0.351 e. The van der Waals surface area contributed by atoms with Crippen LogP contribution in [0.1, 0.15) is 28.3 Å². The summed E-state index contributed by atoms with van der Waals surface area (Å²) in [6.07, 6.45) is 3.81. The summed E-state index contributed by atoms with van der Waals surface area (Å²) in [5.41, 5.74) is -0.0992. The standard InChI is InChI=1S/C15H14Cl2F2N6O/c1-9-5-12(15(17,18)19)25-13(22-9)6-11(23-25)14(26)20-3-2-4-24-8-10(16)7-21-24/h5-8H,2-4H2,1H3,(H,20,26). The summed E-state index contributed by atoms with van der Waals surface area (Å²) in [5, 5.41) is 7.51. The normalized spacial score (nSPS) is 11.9. The molecule has 3 rings (SSSR count). The number of amides is 1. The van der Waals surface area contributed by atoms with Crippen molar-refractivity contribution >= 4 is 34.8 Å². The Bertz CT molecular complexity index is 949. The molecule has 0 fully saturated rings. The molecule has 0 saturated carbocycles. The number of fused-ring (bicyclic) bond motifs is 1. The highest BCUT2D eigenvalue weighted by Gasteiger charge is 2.32. The first kappa shape index (κ1) is 18.5. The zero-order valence-corrected chi connectivity index (χ0v) is 15.1. The third kappa shape index (κ3) is 4.10.